The van der Waals surface area contributed by atoms with E-state index in [1.807, 2.05) is 54.6 Å². The summed E-state index contributed by atoms with van der Waals surface area (Å²) in [6.07, 6.45) is 4.08. The molecule has 2 fully saturated rings. The van der Waals surface area contributed by atoms with Crippen molar-refractivity contribution in [2.75, 3.05) is 23.3 Å². The maximum absolute atomic E-state index is 14.5. The van der Waals surface area contributed by atoms with E-state index in [9.17, 15) is 19.1 Å². The number of halogens is 1. The molecule has 2 aliphatic rings. The molecule has 1 amide bonds. The number of benzene rings is 2. The monoisotopic (exact) mass is 506 g/mol. The summed E-state index contributed by atoms with van der Waals surface area (Å²) in [6, 6.07) is 16.9. The second-order valence-corrected chi connectivity index (χ2v) is 10.0. The van der Waals surface area contributed by atoms with E-state index in [1.165, 1.54) is 4.68 Å². The van der Waals surface area contributed by atoms with E-state index in [2.05, 4.69) is 15.3 Å². The first-order valence-electron chi connectivity index (χ1n) is 12.7. The molecule has 1 saturated carbocycles. The van der Waals surface area contributed by atoms with Gasteiger partial charge in [0.15, 0.2) is 11.6 Å². The number of hydrogen-bond acceptors (Lipinski definition) is 5. The van der Waals surface area contributed by atoms with Crippen LogP contribution in [0.3, 0.4) is 0 Å². The topological polar surface area (TPSA) is 96.7 Å². The maximum atomic E-state index is 14.5. The Kier molecular flexibility index (Phi) is 6.86. The molecule has 1 unspecified atom stereocenters. The number of aliphatic carboxylic acids is 1. The lowest BCUT2D eigenvalue weighted by molar-refractivity contribution is -0.139. The number of aromatic nitrogens is 2. The van der Waals surface area contributed by atoms with Crippen LogP contribution < -0.4 is 10.2 Å². The fraction of sp³-hybridized carbons (Fsp3) is 0.393. The average molecular weight is 507 g/mol. The van der Waals surface area contributed by atoms with Crippen LogP contribution in [0.2, 0.25) is 0 Å². The normalized spacial score (nSPS) is 17.7. The molecule has 0 bridgehead atoms. The summed E-state index contributed by atoms with van der Waals surface area (Å²) in [5, 5.41) is 15.8. The molecule has 8 nitrogen and oxygen atoms in total. The molecule has 3 aromatic rings. The summed E-state index contributed by atoms with van der Waals surface area (Å²) in [5.74, 6) is -0.986. The molecule has 2 aromatic carbocycles. The molecule has 1 aliphatic carbocycles. The van der Waals surface area contributed by atoms with Crippen molar-refractivity contribution in [2.45, 2.75) is 45.1 Å². The fourth-order valence-corrected chi connectivity index (χ4v) is 5.46. The Hall–Kier alpha value is -3.88. The predicted octanol–water partition coefficient (Wildman–Crippen LogP) is 5.79. The second-order valence-electron chi connectivity index (χ2n) is 10.0. The number of ether oxygens (including phenoxy) is 1. The van der Waals surface area contributed by atoms with E-state index in [1.54, 1.807) is 6.92 Å². The third-order valence-corrected chi connectivity index (χ3v) is 7.71. The predicted molar refractivity (Wildman–Crippen MR) is 137 cm³/mol. The SMILES string of the molecule is CC(OC(=O)Nc1c(F)cnn1-c1ccc(N2CCC(C3(CC(=O)O)CC3)CC2)cc1)c1ccccc1. The number of rotatable bonds is 8. The van der Waals surface area contributed by atoms with E-state index in [4.69, 9.17) is 4.74 Å². The molecule has 1 aliphatic heterocycles. The van der Waals surface area contributed by atoms with Crippen molar-refractivity contribution in [3.05, 3.63) is 72.2 Å². The second kappa shape index (κ2) is 10.2. The summed E-state index contributed by atoms with van der Waals surface area (Å²) in [5.41, 5.74) is 2.49. The van der Waals surface area contributed by atoms with Gasteiger partial charge in [0.1, 0.15) is 6.10 Å². The van der Waals surface area contributed by atoms with Gasteiger partial charge in [0.25, 0.3) is 0 Å². The van der Waals surface area contributed by atoms with Crippen LogP contribution in [0.15, 0.2) is 60.8 Å². The number of carboxylic acids is 1. The van der Waals surface area contributed by atoms with Gasteiger partial charge in [-0.1, -0.05) is 30.3 Å². The highest BCUT2D eigenvalue weighted by Gasteiger charge is 2.50. The lowest BCUT2D eigenvalue weighted by atomic mass is 9.79. The summed E-state index contributed by atoms with van der Waals surface area (Å²) in [7, 11) is 0. The number of nitrogens with one attached hydrogen (secondary N) is 1. The minimum atomic E-state index is -0.771. The highest BCUT2D eigenvalue weighted by atomic mass is 19.1. The van der Waals surface area contributed by atoms with Gasteiger partial charge in [-0.15, -0.1) is 0 Å². The quantitative estimate of drug-likeness (QED) is 0.401. The number of carbonyl (C=O) groups is 2. The summed E-state index contributed by atoms with van der Waals surface area (Å²) >= 11 is 0. The van der Waals surface area contributed by atoms with Gasteiger partial charge in [0, 0.05) is 18.8 Å². The molecule has 1 saturated heterocycles. The zero-order valence-electron chi connectivity index (χ0n) is 20.8. The van der Waals surface area contributed by atoms with Gasteiger partial charge in [-0.05, 0) is 73.8 Å². The first-order chi connectivity index (χ1) is 17.8. The Labute approximate surface area is 215 Å². The van der Waals surface area contributed by atoms with Crippen molar-refractivity contribution >= 4 is 23.6 Å². The standard InChI is InChI=1S/C28H31FN4O4/c1-19(20-5-3-2-4-6-20)37-27(36)31-26-24(29)18-30-33(26)23-9-7-22(8-10-23)32-15-11-21(12-16-32)28(13-14-28)17-25(34)35/h2-10,18-19,21H,11-17H2,1H3,(H,31,36)(H,34,35). The summed E-state index contributed by atoms with van der Waals surface area (Å²) < 4.78 is 21.3. The number of carbonyl (C=O) groups excluding carboxylic acids is 1. The molecule has 37 heavy (non-hydrogen) atoms. The minimum Gasteiger partial charge on any atom is -0.481 e. The van der Waals surface area contributed by atoms with Crippen molar-refractivity contribution in [1.82, 2.24) is 9.78 Å². The highest BCUT2D eigenvalue weighted by molar-refractivity contribution is 5.84. The van der Waals surface area contributed by atoms with E-state index in [-0.39, 0.29) is 17.7 Å². The molecule has 0 spiro atoms. The molecule has 194 valence electrons. The Morgan fingerprint density at radius 2 is 1.76 bits per heavy atom. The van der Waals surface area contributed by atoms with Gasteiger partial charge in [0.2, 0.25) is 0 Å². The van der Waals surface area contributed by atoms with Gasteiger partial charge >= 0.3 is 12.1 Å². The molecular weight excluding hydrogens is 475 g/mol. The summed E-state index contributed by atoms with van der Waals surface area (Å²) in [4.78, 5) is 26.0. The van der Waals surface area contributed by atoms with Crippen molar-refractivity contribution in [2.24, 2.45) is 11.3 Å². The van der Waals surface area contributed by atoms with Gasteiger partial charge in [-0.2, -0.15) is 5.10 Å². The first-order valence-corrected chi connectivity index (χ1v) is 12.7. The molecule has 0 radical (unpaired) electrons. The summed E-state index contributed by atoms with van der Waals surface area (Å²) in [6.45, 7) is 3.50. The van der Waals surface area contributed by atoms with Crippen molar-refractivity contribution < 1.29 is 23.8 Å². The molecule has 1 atom stereocenters. The first kappa shape index (κ1) is 24.8. The van der Waals surface area contributed by atoms with Gasteiger partial charge in [0.05, 0.1) is 18.3 Å². The van der Waals surface area contributed by atoms with E-state index in [0.717, 1.165) is 56.2 Å². The molecule has 2 heterocycles. The van der Waals surface area contributed by atoms with Crippen LogP contribution in [0.25, 0.3) is 5.69 Å². The smallest absolute Gasteiger partial charge is 0.413 e. The molecule has 2 N–H and O–H groups in total. The highest BCUT2D eigenvalue weighted by Crippen LogP contribution is 2.57. The Morgan fingerprint density at radius 1 is 1.11 bits per heavy atom. The molecule has 1 aromatic heterocycles. The minimum absolute atomic E-state index is 0.00931. The third kappa shape index (κ3) is 5.45. The fourth-order valence-electron chi connectivity index (χ4n) is 5.46. The van der Waals surface area contributed by atoms with Crippen LogP contribution in [0, 0.1) is 17.2 Å². The van der Waals surface area contributed by atoms with Crippen molar-refractivity contribution in [1.29, 1.82) is 0 Å². The third-order valence-electron chi connectivity index (χ3n) is 7.71. The van der Waals surface area contributed by atoms with Crippen LogP contribution in [0.5, 0.6) is 0 Å². The van der Waals surface area contributed by atoms with Crippen LogP contribution in [-0.4, -0.2) is 40.0 Å². The average Bonchev–Trinajstić information content (AvgIpc) is 3.59. The van der Waals surface area contributed by atoms with E-state index >= 15 is 0 Å². The van der Waals surface area contributed by atoms with E-state index < -0.39 is 24.0 Å². The maximum Gasteiger partial charge on any atom is 0.413 e. The molecular formula is C28H31FN4O4. The van der Waals surface area contributed by atoms with Crippen LogP contribution >= 0.6 is 0 Å². The molecule has 5 rings (SSSR count). The number of piperidine rings is 1. The number of anilines is 2. The molecule has 9 heteroatoms. The van der Waals surface area contributed by atoms with Gasteiger partial charge < -0.3 is 14.7 Å². The van der Waals surface area contributed by atoms with Crippen LogP contribution in [0.4, 0.5) is 20.7 Å². The zero-order chi connectivity index (χ0) is 26.0. The van der Waals surface area contributed by atoms with Gasteiger partial charge in [-0.25, -0.2) is 13.9 Å². The number of nitrogens with zero attached hydrogens (tertiary/aromatic N) is 3. The number of amides is 1. The Morgan fingerprint density at radius 3 is 2.38 bits per heavy atom. The number of hydrogen-bond donors (Lipinski definition) is 2. The van der Waals surface area contributed by atoms with Crippen LogP contribution in [0.1, 0.15) is 50.7 Å². The lowest BCUT2D eigenvalue weighted by Crippen LogP contribution is -2.37. The van der Waals surface area contributed by atoms with Gasteiger partial charge in [-0.3, -0.25) is 10.1 Å². The van der Waals surface area contributed by atoms with Crippen molar-refractivity contribution in [3.63, 3.8) is 0 Å². The Balaban J connectivity index is 1.21. The van der Waals surface area contributed by atoms with E-state index in [0.29, 0.717) is 11.6 Å². The Bertz CT molecular complexity index is 1250. The largest absolute Gasteiger partial charge is 0.481 e. The number of carboxylic acid groups (broad SMARTS) is 1. The van der Waals surface area contributed by atoms with Crippen LogP contribution in [-0.2, 0) is 9.53 Å². The zero-order valence-corrected chi connectivity index (χ0v) is 20.8. The van der Waals surface area contributed by atoms with Crippen molar-refractivity contribution in [3.8, 4) is 5.69 Å². The lowest BCUT2D eigenvalue weighted by Gasteiger charge is -2.37.